The molecule has 4 rings (SSSR count). The molecule has 3 aliphatic rings. The van der Waals surface area contributed by atoms with Crippen LogP contribution < -0.4 is 4.74 Å². The lowest BCUT2D eigenvalue weighted by Gasteiger charge is -2.45. The van der Waals surface area contributed by atoms with E-state index in [0.717, 1.165) is 44.1 Å². The fraction of sp³-hybridized carbons (Fsp3) is 0.625. The van der Waals surface area contributed by atoms with Gasteiger partial charge in [-0.05, 0) is 122 Å². The van der Waals surface area contributed by atoms with Gasteiger partial charge < -0.3 is 13.6 Å². The van der Waals surface area contributed by atoms with Gasteiger partial charge in [-0.15, -0.1) is 0 Å². The molecule has 3 aliphatic carbocycles. The number of benzene rings is 1. The van der Waals surface area contributed by atoms with Gasteiger partial charge in [-0.25, -0.2) is 4.79 Å². The van der Waals surface area contributed by atoms with Crippen molar-refractivity contribution >= 4 is 33.7 Å². The van der Waals surface area contributed by atoms with E-state index in [-0.39, 0.29) is 38.3 Å². The first-order chi connectivity index (χ1) is 21.6. The second-order valence-electron chi connectivity index (χ2n) is 17.4. The van der Waals surface area contributed by atoms with Crippen LogP contribution in [-0.4, -0.2) is 39.4 Å². The summed E-state index contributed by atoms with van der Waals surface area (Å²) < 4.78 is 19.7. The molecule has 0 aromatic heterocycles. The highest BCUT2D eigenvalue weighted by molar-refractivity contribution is 8.14. The zero-order valence-corrected chi connectivity index (χ0v) is 34.2. The number of para-hydroxylation sites is 1. The third-order valence-corrected chi connectivity index (χ3v) is 21.9. The lowest BCUT2D eigenvalue weighted by atomic mass is 9.64. The number of carbonyl (C=O) groups excluding carboxylic acids is 1. The van der Waals surface area contributed by atoms with E-state index in [2.05, 4.69) is 106 Å². The Balaban J connectivity index is 1.55. The Bertz CT molecular complexity index is 1400. The van der Waals surface area contributed by atoms with Gasteiger partial charge in [0.05, 0.1) is 12.2 Å². The summed E-state index contributed by atoms with van der Waals surface area (Å²) in [5.41, 5.74) is 5.37. The largest absolute Gasteiger partial charge is 0.418 e. The summed E-state index contributed by atoms with van der Waals surface area (Å²) in [5.74, 6) is 1.04. The lowest BCUT2D eigenvalue weighted by molar-refractivity contribution is 0.0969. The van der Waals surface area contributed by atoms with Gasteiger partial charge in [0.25, 0.3) is 0 Å². The van der Waals surface area contributed by atoms with Crippen LogP contribution in [0.3, 0.4) is 0 Å². The molecule has 0 heterocycles. The predicted octanol–water partition coefficient (Wildman–Crippen LogP) is 12.4. The van der Waals surface area contributed by atoms with Crippen molar-refractivity contribution in [2.75, 3.05) is 0 Å². The van der Waals surface area contributed by atoms with Gasteiger partial charge >= 0.3 is 5.30 Å². The molecular formula is C40H62O4SSi2. The average molecular weight is 695 g/mol. The van der Waals surface area contributed by atoms with Crippen LogP contribution in [0.4, 0.5) is 4.79 Å². The van der Waals surface area contributed by atoms with Gasteiger partial charge in [0.2, 0.25) is 0 Å². The van der Waals surface area contributed by atoms with E-state index >= 15 is 0 Å². The Morgan fingerprint density at radius 2 is 1.62 bits per heavy atom. The maximum absolute atomic E-state index is 12.8. The van der Waals surface area contributed by atoms with Gasteiger partial charge in [-0.3, -0.25) is 0 Å². The van der Waals surface area contributed by atoms with Gasteiger partial charge in [0, 0.05) is 11.7 Å². The van der Waals surface area contributed by atoms with Crippen molar-refractivity contribution in [2.45, 2.75) is 148 Å². The van der Waals surface area contributed by atoms with Crippen LogP contribution in [0.2, 0.25) is 36.3 Å². The van der Waals surface area contributed by atoms with E-state index in [1.807, 2.05) is 30.3 Å². The molecule has 2 saturated carbocycles. The minimum atomic E-state index is -2.01. The molecule has 0 N–H and O–H groups in total. The molecule has 0 aliphatic heterocycles. The third-order valence-electron chi connectivity index (χ3n) is 12.0. The minimum absolute atomic E-state index is 0.0195. The molecular weight excluding hydrogens is 633 g/mol. The van der Waals surface area contributed by atoms with Crippen LogP contribution in [0.5, 0.6) is 5.75 Å². The summed E-state index contributed by atoms with van der Waals surface area (Å²) in [7, 11) is -3.98. The second kappa shape index (κ2) is 14.3. The van der Waals surface area contributed by atoms with E-state index in [0.29, 0.717) is 11.7 Å². The Morgan fingerprint density at radius 3 is 2.23 bits per heavy atom. The van der Waals surface area contributed by atoms with E-state index in [4.69, 9.17) is 13.6 Å². The maximum Gasteiger partial charge on any atom is 0.373 e. The Labute approximate surface area is 293 Å². The zero-order valence-electron chi connectivity index (χ0n) is 31.4. The molecule has 260 valence electrons. The first kappa shape index (κ1) is 38.2. The van der Waals surface area contributed by atoms with Crippen molar-refractivity contribution in [2.24, 2.45) is 11.3 Å². The number of rotatable bonds is 8. The minimum Gasteiger partial charge on any atom is -0.418 e. The molecule has 5 atom stereocenters. The topological polar surface area (TPSA) is 44.8 Å². The smallest absolute Gasteiger partial charge is 0.373 e. The summed E-state index contributed by atoms with van der Waals surface area (Å²) in [6.07, 6.45) is 13.5. The molecule has 47 heavy (non-hydrogen) atoms. The van der Waals surface area contributed by atoms with Crippen LogP contribution in [-0.2, 0) is 8.85 Å². The summed E-state index contributed by atoms with van der Waals surface area (Å²) in [5, 5.41) is 0.0994. The third kappa shape index (κ3) is 8.75. The first-order valence-electron chi connectivity index (χ1n) is 17.7. The molecule has 0 saturated heterocycles. The standard InChI is InChI=1S/C40H62O4SSi2/c1-28-31(26-33(43-46(10,11)38(3,4)5)27-36(28)44-47(12,13)39(6,7)8)22-21-30-18-17-25-40(9)34(23-24-35(30)40)29(2)45-37(41)42-32-19-15-14-16-20-32/h14-16,19-23,29,33,35-36H,1,17-18,24-27H2,2-13H3/b30-21+,31-22-/t29-,33+,35?,36-,40+/m0/s1. The molecule has 1 aromatic rings. The van der Waals surface area contributed by atoms with Crippen LogP contribution in [0.1, 0.15) is 93.9 Å². The average Bonchev–Trinajstić information content (AvgIpc) is 3.30. The summed E-state index contributed by atoms with van der Waals surface area (Å²) in [6, 6.07) is 9.35. The highest BCUT2D eigenvalue weighted by Crippen LogP contribution is 2.57. The molecule has 0 radical (unpaired) electrons. The van der Waals surface area contributed by atoms with Crippen LogP contribution in [0.15, 0.2) is 77.4 Å². The Hall–Kier alpha value is -1.65. The van der Waals surface area contributed by atoms with Gasteiger partial charge in [0.15, 0.2) is 16.6 Å². The highest BCUT2D eigenvalue weighted by Gasteiger charge is 2.47. The van der Waals surface area contributed by atoms with Crippen LogP contribution in [0.25, 0.3) is 0 Å². The molecule has 0 spiro atoms. The Kier molecular flexibility index (Phi) is 11.6. The van der Waals surface area contributed by atoms with E-state index < -0.39 is 16.6 Å². The number of carbonyl (C=O) groups is 1. The summed E-state index contributed by atoms with van der Waals surface area (Å²) in [4.78, 5) is 12.8. The highest BCUT2D eigenvalue weighted by atomic mass is 32.2. The molecule has 0 bridgehead atoms. The van der Waals surface area contributed by atoms with Crippen molar-refractivity contribution in [1.29, 1.82) is 0 Å². The first-order valence-corrected chi connectivity index (χ1v) is 24.4. The SMILES string of the molecule is C=C1/C(=C\C=C2/CCC[C@]3(C)C([C@H](C)SC(=O)Oc4ccccc4)=CCC23)C[C@@H](O[Si](C)(C)C(C)(C)C)C[C@@H]1O[Si](C)(C)C(C)(C)C. The predicted molar refractivity (Wildman–Crippen MR) is 206 cm³/mol. The summed E-state index contributed by atoms with van der Waals surface area (Å²) >= 11 is 1.30. The normalized spacial score (nSPS) is 28.3. The van der Waals surface area contributed by atoms with Crippen LogP contribution in [0, 0.1) is 11.3 Å². The van der Waals surface area contributed by atoms with E-state index in [9.17, 15) is 4.79 Å². The number of thioether (sulfide) groups is 1. The van der Waals surface area contributed by atoms with Crippen molar-refractivity contribution < 1.29 is 18.4 Å². The quantitative estimate of drug-likeness (QED) is 0.154. The molecule has 4 nitrogen and oxygen atoms in total. The number of fused-ring (bicyclic) bond motifs is 1. The molecule has 0 amide bonds. The van der Waals surface area contributed by atoms with E-state index in [1.165, 1.54) is 28.5 Å². The van der Waals surface area contributed by atoms with Gasteiger partial charge in [-0.2, -0.15) is 0 Å². The van der Waals surface area contributed by atoms with Crippen molar-refractivity contribution in [1.82, 2.24) is 0 Å². The zero-order chi connectivity index (χ0) is 35.0. The molecule has 1 unspecified atom stereocenters. The number of allylic oxidation sites excluding steroid dienone is 4. The van der Waals surface area contributed by atoms with Gasteiger partial charge in [0.1, 0.15) is 5.75 Å². The second-order valence-corrected chi connectivity index (χ2v) is 28.2. The lowest BCUT2D eigenvalue weighted by Crippen LogP contribution is -2.49. The maximum atomic E-state index is 12.8. The Morgan fingerprint density at radius 1 is 1.00 bits per heavy atom. The fourth-order valence-electron chi connectivity index (χ4n) is 7.06. The van der Waals surface area contributed by atoms with Crippen molar-refractivity contribution in [3.8, 4) is 5.75 Å². The number of ether oxygens (including phenoxy) is 1. The van der Waals surface area contributed by atoms with Crippen molar-refractivity contribution in [3.05, 3.63) is 77.4 Å². The van der Waals surface area contributed by atoms with Crippen molar-refractivity contribution in [3.63, 3.8) is 0 Å². The molecule has 1 aromatic carbocycles. The fourth-order valence-corrected chi connectivity index (χ4v) is 10.7. The molecule has 7 heteroatoms. The number of hydrogen-bond acceptors (Lipinski definition) is 5. The number of hydrogen-bond donors (Lipinski definition) is 0. The summed E-state index contributed by atoms with van der Waals surface area (Å²) in [6.45, 7) is 32.5. The van der Waals surface area contributed by atoms with E-state index in [1.54, 1.807) is 0 Å². The van der Waals surface area contributed by atoms with Crippen LogP contribution >= 0.6 is 11.8 Å². The monoisotopic (exact) mass is 694 g/mol. The van der Waals surface area contributed by atoms with Gasteiger partial charge in [-0.1, -0.05) is 103 Å². The molecule has 2 fully saturated rings.